The van der Waals surface area contributed by atoms with Crippen LogP contribution in [0.3, 0.4) is 0 Å². The summed E-state index contributed by atoms with van der Waals surface area (Å²) < 4.78 is 20.3. The van der Waals surface area contributed by atoms with Gasteiger partial charge in [0, 0.05) is 37.7 Å². The van der Waals surface area contributed by atoms with E-state index in [2.05, 4.69) is 22.3 Å². The summed E-state index contributed by atoms with van der Waals surface area (Å²) in [5.74, 6) is -0.572. The fourth-order valence-corrected chi connectivity index (χ4v) is 6.19. The number of hydrogen-bond acceptors (Lipinski definition) is 5. The molecule has 2 fully saturated rings. The monoisotopic (exact) mass is 539 g/mol. The first-order chi connectivity index (χ1) is 18.9. The fraction of sp³-hybridized carbons (Fsp3) is 0.548. The van der Waals surface area contributed by atoms with Crippen molar-refractivity contribution in [3.05, 3.63) is 59.4 Å². The lowest BCUT2D eigenvalue weighted by atomic mass is 9.72. The number of benzene rings is 2. The van der Waals surface area contributed by atoms with Crippen molar-refractivity contribution in [3.8, 4) is 11.1 Å². The highest BCUT2D eigenvalue weighted by Gasteiger charge is 2.43. The average molecular weight is 540 g/mol. The molecule has 0 radical (unpaired) electrons. The summed E-state index contributed by atoms with van der Waals surface area (Å²) in [6.45, 7) is 5.08. The van der Waals surface area contributed by atoms with Crippen LogP contribution in [0.15, 0.2) is 42.5 Å². The molecule has 212 valence electrons. The minimum Gasteiger partial charge on any atom is -0.453 e. The number of alkyl carbamates (subject to hydrolysis) is 1. The predicted molar refractivity (Wildman–Crippen MR) is 150 cm³/mol. The van der Waals surface area contributed by atoms with Gasteiger partial charge in [0.2, 0.25) is 5.91 Å². The molecule has 8 heteroatoms. The molecule has 0 aromatic heterocycles. The largest absolute Gasteiger partial charge is 0.453 e. The van der Waals surface area contributed by atoms with Gasteiger partial charge in [0.25, 0.3) is 0 Å². The number of amides is 2. The van der Waals surface area contributed by atoms with Crippen molar-refractivity contribution in [1.29, 1.82) is 0 Å². The smallest absolute Gasteiger partial charge is 0.406 e. The van der Waals surface area contributed by atoms with Gasteiger partial charge in [-0.15, -0.1) is 0 Å². The molecule has 4 rings (SSSR count). The van der Waals surface area contributed by atoms with Crippen LogP contribution in [0.4, 0.5) is 9.18 Å². The Labute approximate surface area is 231 Å². The minimum atomic E-state index is -1.40. The van der Waals surface area contributed by atoms with Gasteiger partial charge in [-0.25, -0.2) is 9.18 Å². The lowest BCUT2D eigenvalue weighted by molar-refractivity contribution is -0.141. The number of carbonyl (C=O) groups is 2. The number of halogens is 1. The lowest BCUT2D eigenvalue weighted by Crippen LogP contribution is -2.51. The van der Waals surface area contributed by atoms with E-state index < -0.39 is 11.7 Å². The Balaban J connectivity index is 1.68. The van der Waals surface area contributed by atoms with Crippen LogP contribution in [0, 0.1) is 17.7 Å². The van der Waals surface area contributed by atoms with Crippen LogP contribution in [0.5, 0.6) is 0 Å². The number of ether oxygens (including phenoxy) is 1. The van der Waals surface area contributed by atoms with E-state index in [-0.39, 0.29) is 23.6 Å². The van der Waals surface area contributed by atoms with Gasteiger partial charge in [0.1, 0.15) is 5.82 Å². The molecule has 2 aliphatic rings. The molecule has 2 saturated heterocycles. The summed E-state index contributed by atoms with van der Waals surface area (Å²) >= 11 is 0. The highest BCUT2D eigenvalue weighted by molar-refractivity contribution is 5.79. The van der Waals surface area contributed by atoms with E-state index in [0.29, 0.717) is 50.1 Å². The van der Waals surface area contributed by atoms with E-state index in [0.717, 1.165) is 49.8 Å². The Morgan fingerprint density at radius 1 is 1.21 bits per heavy atom. The van der Waals surface area contributed by atoms with Gasteiger partial charge < -0.3 is 25.4 Å². The number of hydrogen-bond donors (Lipinski definition) is 3. The van der Waals surface area contributed by atoms with Gasteiger partial charge in [0.05, 0.1) is 18.6 Å². The first kappa shape index (κ1) is 29.0. The van der Waals surface area contributed by atoms with Crippen LogP contribution >= 0.6 is 0 Å². The van der Waals surface area contributed by atoms with Crippen molar-refractivity contribution in [2.75, 3.05) is 39.8 Å². The Hall–Kier alpha value is -2.97. The van der Waals surface area contributed by atoms with Crippen molar-refractivity contribution in [2.24, 2.45) is 11.8 Å². The number of piperidine rings is 2. The average Bonchev–Trinajstić information content (AvgIpc) is 2.99. The molecule has 0 aliphatic carbocycles. The fourth-order valence-electron chi connectivity index (χ4n) is 6.19. The topological polar surface area (TPSA) is 90.9 Å². The van der Waals surface area contributed by atoms with Gasteiger partial charge >= 0.3 is 6.09 Å². The lowest BCUT2D eigenvalue weighted by Gasteiger charge is -2.44. The van der Waals surface area contributed by atoms with Gasteiger partial charge in [-0.1, -0.05) is 43.3 Å². The van der Waals surface area contributed by atoms with E-state index in [1.54, 1.807) is 6.07 Å². The normalized spacial score (nSPS) is 21.2. The summed E-state index contributed by atoms with van der Waals surface area (Å²) in [5.41, 5.74) is 1.35. The number of carbonyl (C=O) groups excluding carboxylic acids is 2. The Kier molecular flexibility index (Phi) is 9.97. The quantitative estimate of drug-likeness (QED) is 0.405. The van der Waals surface area contributed by atoms with Gasteiger partial charge in [0.15, 0.2) is 0 Å². The van der Waals surface area contributed by atoms with Crippen LogP contribution in [0.1, 0.15) is 56.6 Å². The molecule has 3 N–H and O–H groups in total. The maximum Gasteiger partial charge on any atom is 0.406 e. The number of nitrogens with zero attached hydrogens (tertiary/aromatic N) is 1. The molecule has 3 atom stereocenters. The Bertz CT molecular complexity index is 1140. The third-order valence-corrected chi connectivity index (χ3v) is 8.35. The maximum atomic E-state index is 15.6. The molecule has 0 saturated carbocycles. The summed E-state index contributed by atoms with van der Waals surface area (Å²) in [5, 5.41) is 18.6. The van der Waals surface area contributed by atoms with Gasteiger partial charge in [-0.3, -0.25) is 4.79 Å². The summed E-state index contributed by atoms with van der Waals surface area (Å²) in [7, 11) is 1.31. The molecule has 39 heavy (non-hydrogen) atoms. The molecule has 2 heterocycles. The molecule has 0 spiro atoms. The van der Waals surface area contributed by atoms with Crippen molar-refractivity contribution in [3.63, 3.8) is 0 Å². The van der Waals surface area contributed by atoms with Crippen molar-refractivity contribution in [2.45, 2.75) is 57.5 Å². The predicted octanol–water partition coefficient (Wildman–Crippen LogP) is 4.62. The number of aryl methyl sites for hydroxylation is 1. The first-order valence-electron chi connectivity index (χ1n) is 14.3. The van der Waals surface area contributed by atoms with Crippen molar-refractivity contribution < 1.29 is 23.8 Å². The number of rotatable bonds is 9. The standard InChI is InChI=1S/C31H42FN3O4/c1-3-22-9-4-10-23(19-22)28-26(13-5-14-27(28)32)31(38,15-8-17-34-30(37)39-2)25-12-7-18-35(21-25)29(36)24-11-6-16-33-20-24/h4-5,9-10,13-14,19,24-25,33,38H,3,6-8,11-12,15-18,20-21H2,1-2H3,(H,34,37). The van der Waals surface area contributed by atoms with Crippen molar-refractivity contribution in [1.82, 2.24) is 15.5 Å². The first-order valence-corrected chi connectivity index (χ1v) is 14.3. The summed E-state index contributed by atoms with van der Waals surface area (Å²) in [4.78, 5) is 27.0. The number of aliphatic hydroxyl groups is 1. The van der Waals surface area contributed by atoms with E-state index in [9.17, 15) is 14.7 Å². The highest BCUT2D eigenvalue weighted by atomic mass is 19.1. The van der Waals surface area contributed by atoms with E-state index in [4.69, 9.17) is 0 Å². The Morgan fingerprint density at radius 2 is 2.03 bits per heavy atom. The zero-order chi connectivity index (χ0) is 27.8. The van der Waals surface area contributed by atoms with Crippen LogP contribution in [0.25, 0.3) is 11.1 Å². The molecule has 7 nitrogen and oxygen atoms in total. The van der Waals surface area contributed by atoms with Gasteiger partial charge in [-0.2, -0.15) is 0 Å². The maximum absolute atomic E-state index is 15.6. The van der Waals surface area contributed by atoms with Crippen LogP contribution in [-0.2, 0) is 21.6 Å². The third kappa shape index (κ3) is 6.79. The van der Waals surface area contributed by atoms with E-state index in [1.165, 1.54) is 13.2 Å². The van der Waals surface area contributed by atoms with E-state index in [1.807, 2.05) is 35.2 Å². The minimum absolute atomic E-state index is 0.0450. The number of methoxy groups -OCH3 is 1. The molecule has 2 aromatic carbocycles. The summed E-state index contributed by atoms with van der Waals surface area (Å²) in [6.07, 6.45) is 4.40. The van der Waals surface area contributed by atoms with Crippen LogP contribution in [-0.4, -0.2) is 61.8 Å². The molecule has 2 amide bonds. The molecule has 3 unspecified atom stereocenters. The molecular formula is C31H42FN3O4. The second kappa shape index (κ2) is 13.4. The molecular weight excluding hydrogens is 497 g/mol. The molecule has 2 aliphatic heterocycles. The zero-order valence-corrected chi connectivity index (χ0v) is 23.2. The van der Waals surface area contributed by atoms with Crippen LogP contribution in [0.2, 0.25) is 0 Å². The highest BCUT2D eigenvalue weighted by Crippen LogP contribution is 2.44. The van der Waals surface area contributed by atoms with Crippen LogP contribution < -0.4 is 10.6 Å². The second-order valence-corrected chi connectivity index (χ2v) is 10.8. The summed E-state index contributed by atoms with van der Waals surface area (Å²) in [6, 6.07) is 12.7. The van der Waals surface area contributed by atoms with Gasteiger partial charge in [-0.05, 0) is 74.2 Å². The molecule has 2 aromatic rings. The van der Waals surface area contributed by atoms with E-state index >= 15 is 4.39 Å². The number of likely N-dealkylation sites (tertiary alicyclic amines) is 1. The Morgan fingerprint density at radius 3 is 2.77 bits per heavy atom. The number of nitrogens with one attached hydrogen (secondary N) is 2. The zero-order valence-electron chi connectivity index (χ0n) is 23.2. The second-order valence-electron chi connectivity index (χ2n) is 10.8. The third-order valence-electron chi connectivity index (χ3n) is 8.35. The SMILES string of the molecule is CCc1cccc(-c2c(F)cccc2C(O)(CCCNC(=O)OC)C2CCCN(C(=O)C3CCCNC3)C2)c1. The molecule has 0 bridgehead atoms. The van der Waals surface area contributed by atoms with Crippen molar-refractivity contribution >= 4 is 12.0 Å².